The number of thiazole rings is 1. The van der Waals surface area contributed by atoms with Gasteiger partial charge < -0.3 is 24.8 Å². The van der Waals surface area contributed by atoms with E-state index in [1.54, 1.807) is 18.4 Å². The van der Waals surface area contributed by atoms with Crippen molar-refractivity contribution in [3.8, 4) is 22.3 Å². The van der Waals surface area contributed by atoms with E-state index in [9.17, 15) is 14.9 Å². The number of hydrogen-bond donors (Lipinski definition) is 2. The molecule has 0 aliphatic heterocycles. The van der Waals surface area contributed by atoms with Gasteiger partial charge in [0.2, 0.25) is 5.91 Å². The molecule has 3 saturated carbocycles. The summed E-state index contributed by atoms with van der Waals surface area (Å²) in [4.78, 5) is 38.8. The lowest BCUT2D eigenvalue weighted by molar-refractivity contribution is -0.124. The van der Waals surface area contributed by atoms with Crippen molar-refractivity contribution in [2.75, 3.05) is 31.7 Å². The van der Waals surface area contributed by atoms with Crippen LogP contribution in [0.1, 0.15) is 92.4 Å². The number of amides is 2. The quantitative estimate of drug-likeness (QED) is 0.237. The number of pyridine rings is 1. The minimum Gasteiger partial charge on any atom is -0.494 e. The largest absolute Gasteiger partial charge is 0.494 e. The number of carbonyl (C=O) groups is 2. The molecule has 0 saturated heterocycles. The van der Waals surface area contributed by atoms with Crippen molar-refractivity contribution in [3.05, 3.63) is 59.0 Å². The second-order valence-electron chi connectivity index (χ2n) is 13.0. The van der Waals surface area contributed by atoms with Gasteiger partial charge in [0, 0.05) is 48.4 Å². The first-order valence-electron chi connectivity index (χ1n) is 16.8. The lowest BCUT2D eigenvalue weighted by Gasteiger charge is -2.36. The van der Waals surface area contributed by atoms with Crippen molar-refractivity contribution < 1.29 is 24.2 Å². The van der Waals surface area contributed by atoms with Gasteiger partial charge in [-0.2, -0.15) is 5.26 Å². The Bertz CT molecular complexity index is 1580. The summed E-state index contributed by atoms with van der Waals surface area (Å²) >= 11 is 1.75. The molecule has 0 bridgehead atoms. The Morgan fingerprint density at radius 3 is 2.51 bits per heavy atom. The van der Waals surface area contributed by atoms with Crippen molar-refractivity contribution >= 4 is 29.0 Å². The molecule has 10 nitrogen and oxygen atoms in total. The highest BCUT2D eigenvalue weighted by Gasteiger charge is 2.34. The molecule has 2 N–H and O–H groups in total. The first kappa shape index (κ1) is 32.9. The normalized spacial score (nSPS) is 22.6. The maximum absolute atomic E-state index is 14.3. The van der Waals surface area contributed by atoms with Crippen LogP contribution in [0, 0.1) is 23.2 Å². The summed E-state index contributed by atoms with van der Waals surface area (Å²) in [6, 6.07) is 14.3. The molecular formula is C36H43N5O5S. The van der Waals surface area contributed by atoms with Gasteiger partial charge in [-0.05, 0) is 100.0 Å². The molecule has 3 aliphatic rings. The highest BCUT2D eigenvalue weighted by atomic mass is 32.1. The number of alkyl carbamates (subject to hydrolysis) is 1. The molecule has 3 fully saturated rings. The van der Waals surface area contributed by atoms with Gasteiger partial charge in [-0.1, -0.05) is 12.1 Å². The summed E-state index contributed by atoms with van der Waals surface area (Å²) in [5.41, 5.74) is 3.24. The van der Waals surface area contributed by atoms with E-state index in [0.717, 1.165) is 47.5 Å². The minimum atomic E-state index is -0.524. The van der Waals surface area contributed by atoms with Crippen molar-refractivity contribution in [3.63, 3.8) is 0 Å². The standard InChI is InChI=1S/C36H43N5O5S/c1-45-32-16-15-30(40-31(32)20-37)24-7-5-23(6-8-24)22-41(35(43)26-11-13-29(14-12-26)46-36(44)38-17-18-42)28-4-2-3-27(19-28)33-21-39-34(47-33)25-9-10-25/h2-4,15-16,19,21,23-26,29,42H,5-14,17-18,22H2,1H3,(H,38,44)/t23-,24-,26-,29-. The summed E-state index contributed by atoms with van der Waals surface area (Å²) in [5, 5.41) is 22.2. The summed E-state index contributed by atoms with van der Waals surface area (Å²) in [6.45, 7) is 0.661. The summed E-state index contributed by atoms with van der Waals surface area (Å²) in [5.74, 6) is 1.69. The molecule has 2 amide bonds. The van der Waals surface area contributed by atoms with E-state index >= 15 is 0 Å². The van der Waals surface area contributed by atoms with Crippen LogP contribution < -0.4 is 15.0 Å². The number of rotatable bonds is 11. The predicted molar refractivity (Wildman–Crippen MR) is 179 cm³/mol. The summed E-state index contributed by atoms with van der Waals surface area (Å²) in [7, 11) is 1.55. The van der Waals surface area contributed by atoms with Crippen LogP contribution in [0.4, 0.5) is 10.5 Å². The van der Waals surface area contributed by atoms with Crippen LogP contribution in [0.2, 0.25) is 0 Å². The van der Waals surface area contributed by atoms with Gasteiger partial charge >= 0.3 is 6.09 Å². The number of methoxy groups -OCH3 is 1. The fourth-order valence-corrected chi connectivity index (χ4v) is 8.00. The molecule has 11 heteroatoms. The molecule has 6 rings (SSSR count). The van der Waals surface area contributed by atoms with Gasteiger partial charge in [-0.25, -0.2) is 14.8 Å². The maximum atomic E-state index is 14.3. The number of carbonyl (C=O) groups excluding carboxylic acids is 2. The Labute approximate surface area is 280 Å². The van der Waals surface area contributed by atoms with Gasteiger partial charge in [0.1, 0.15) is 12.2 Å². The zero-order chi connectivity index (χ0) is 32.8. The first-order chi connectivity index (χ1) is 22.9. The van der Waals surface area contributed by atoms with Crippen LogP contribution in [0.5, 0.6) is 5.75 Å². The van der Waals surface area contributed by atoms with Gasteiger partial charge in [0.05, 0.1) is 23.6 Å². The second kappa shape index (κ2) is 15.3. The first-order valence-corrected chi connectivity index (χ1v) is 17.6. The van der Waals surface area contributed by atoms with E-state index in [1.807, 2.05) is 35.4 Å². The predicted octanol–water partition coefficient (Wildman–Crippen LogP) is 6.55. The third-order valence-electron chi connectivity index (χ3n) is 9.75. The minimum absolute atomic E-state index is 0.130. The molecule has 47 heavy (non-hydrogen) atoms. The topological polar surface area (TPSA) is 138 Å². The third kappa shape index (κ3) is 8.11. The Morgan fingerprint density at radius 2 is 1.81 bits per heavy atom. The van der Waals surface area contributed by atoms with Gasteiger partial charge in [-0.3, -0.25) is 4.79 Å². The van der Waals surface area contributed by atoms with E-state index in [2.05, 4.69) is 33.5 Å². The van der Waals surface area contributed by atoms with E-state index in [4.69, 9.17) is 14.6 Å². The van der Waals surface area contributed by atoms with Crippen LogP contribution >= 0.6 is 11.3 Å². The SMILES string of the molecule is COc1ccc([C@H]2CC[C@H](CN(c3cccc(-c4cnc(C5CC5)s4)c3)C(=O)[C@H]3CC[C@H](OC(=O)NCCO)CC3)CC2)nc1C#N. The van der Waals surface area contributed by atoms with Crippen molar-refractivity contribution in [1.29, 1.82) is 5.26 Å². The third-order valence-corrected chi connectivity index (χ3v) is 11.0. The molecule has 0 radical (unpaired) electrons. The fraction of sp³-hybridized carbons (Fsp3) is 0.528. The number of aromatic nitrogens is 2. The van der Waals surface area contributed by atoms with Crippen molar-refractivity contribution in [2.24, 2.45) is 11.8 Å². The van der Waals surface area contributed by atoms with Gasteiger partial charge in [-0.15, -0.1) is 11.3 Å². The zero-order valence-electron chi connectivity index (χ0n) is 26.9. The van der Waals surface area contributed by atoms with Crippen molar-refractivity contribution in [2.45, 2.75) is 82.1 Å². The number of ether oxygens (including phenoxy) is 2. The maximum Gasteiger partial charge on any atom is 0.407 e. The molecule has 2 aromatic heterocycles. The van der Waals surface area contributed by atoms with Gasteiger partial charge in [0.25, 0.3) is 0 Å². The van der Waals surface area contributed by atoms with E-state index in [1.165, 1.54) is 17.8 Å². The van der Waals surface area contributed by atoms with Crippen LogP contribution in [-0.4, -0.2) is 60.0 Å². The molecule has 0 atom stereocenters. The Morgan fingerprint density at radius 1 is 1.04 bits per heavy atom. The van der Waals surface area contributed by atoms with E-state index in [0.29, 0.717) is 55.5 Å². The van der Waals surface area contributed by atoms with Crippen LogP contribution in [0.25, 0.3) is 10.4 Å². The van der Waals surface area contributed by atoms with Crippen LogP contribution in [0.15, 0.2) is 42.6 Å². The molecule has 2 heterocycles. The molecule has 3 aromatic rings. The number of aliphatic hydroxyl groups excluding tert-OH is 1. The molecule has 0 unspecified atom stereocenters. The molecule has 1 aromatic carbocycles. The molecule has 0 spiro atoms. The highest BCUT2D eigenvalue weighted by Crippen LogP contribution is 2.44. The second-order valence-corrected chi connectivity index (χ2v) is 14.0. The Hall–Kier alpha value is -4.01. The number of benzene rings is 1. The summed E-state index contributed by atoms with van der Waals surface area (Å²) in [6.07, 6.45) is 10.0. The molecule has 248 valence electrons. The summed E-state index contributed by atoms with van der Waals surface area (Å²) < 4.78 is 10.8. The smallest absolute Gasteiger partial charge is 0.407 e. The average Bonchev–Trinajstić information content (AvgIpc) is 3.85. The fourth-order valence-electron chi connectivity index (χ4n) is 6.92. The monoisotopic (exact) mass is 657 g/mol. The number of nitriles is 1. The van der Waals surface area contributed by atoms with E-state index in [-0.39, 0.29) is 37.0 Å². The Balaban J connectivity index is 1.16. The lowest BCUT2D eigenvalue weighted by atomic mass is 9.79. The van der Waals surface area contributed by atoms with Crippen molar-refractivity contribution in [1.82, 2.24) is 15.3 Å². The molecule has 3 aliphatic carbocycles. The zero-order valence-corrected chi connectivity index (χ0v) is 27.7. The van der Waals surface area contributed by atoms with E-state index < -0.39 is 6.09 Å². The number of aliphatic hydroxyl groups is 1. The van der Waals surface area contributed by atoms with Gasteiger partial charge in [0.15, 0.2) is 11.4 Å². The molecular weight excluding hydrogens is 614 g/mol. The highest BCUT2D eigenvalue weighted by molar-refractivity contribution is 7.15. The number of nitrogens with zero attached hydrogens (tertiary/aromatic N) is 4. The number of anilines is 1. The number of nitrogens with one attached hydrogen (secondary N) is 1. The van der Waals surface area contributed by atoms with Crippen LogP contribution in [0.3, 0.4) is 0 Å². The average molecular weight is 658 g/mol. The lowest BCUT2D eigenvalue weighted by Crippen LogP contribution is -2.42. The number of hydrogen-bond acceptors (Lipinski definition) is 9. The Kier molecular flexibility index (Phi) is 10.7. The van der Waals surface area contributed by atoms with Crippen LogP contribution in [-0.2, 0) is 9.53 Å².